The summed E-state index contributed by atoms with van der Waals surface area (Å²) in [5.74, 6) is -7.99. The molecule has 11 heteroatoms. The van der Waals surface area contributed by atoms with Gasteiger partial charge in [0.05, 0.1) is 23.9 Å². The molecule has 10 nitrogen and oxygen atoms in total. The molecule has 1 aromatic rings. The zero-order valence-electron chi connectivity index (χ0n) is 9.72. The van der Waals surface area contributed by atoms with E-state index in [1.807, 2.05) is 0 Å². The van der Waals surface area contributed by atoms with Gasteiger partial charge in [0, 0.05) is 22.3 Å². The predicted octanol–water partition coefficient (Wildman–Crippen LogP) is -6.51. The molecule has 0 saturated carbocycles. The Labute approximate surface area is 126 Å². The van der Waals surface area contributed by atoms with Crippen molar-refractivity contribution in [3.05, 3.63) is 34.4 Å². The third-order valence-corrected chi connectivity index (χ3v) is 2.04. The number of hydrogen-bond acceptors (Lipinski definition) is 8. The van der Waals surface area contributed by atoms with Gasteiger partial charge in [-0.2, -0.15) is 0 Å². The zero-order valence-corrected chi connectivity index (χ0v) is 10.7. The van der Waals surface area contributed by atoms with E-state index in [1.54, 1.807) is 0 Å². The van der Waals surface area contributed by atoms with Crippen LogP contribution < -0.4 is 20.4 Å². The maximum absolute atomic E-state index is 10.6. The van der Waals surface area contributed by atoms with Crippen LogP contribution in [-0.2, 0) is 17.1 Å². The van der Waals surface area contributed by atoms with Crippen LogP contribution in [0.25, 0.3) is 0 Å². The van der Waals surface area contributed by atoms with E-state index in [0.29, 0.717) is 12.1 Å². The normalized spacial score (nSPS) is 8.38. The van der Waals surface area contributed by atoms with Gasteiger partial charge in [0.25, 0.3) is 0 Å². The Morgan fingerprint density at radius 2 is 0.714 bits per heavy atom. The first-order chi connectivity index (χ1) is 8.25. The molecule has 0 aliphatic rings. The molecule has 0 amide bonds. The molecule has 0 heterocycles. The summed E-state index contributed by atoms with van der Waals surface area (Å²) in [5, 5.41) is 42.4. The van der Waals surface area contributed by atoms with Gasteiger partial charge in [-0.05, 0) is 12.1 Å². The quantitative estimate of drug-likeness (QED) is 0.473. The standard InChI is InChI=1S/C10H6O8.Cu.2H2O/c11-7(12)3-1-4(8(13)14)6(10(17)18)2-5(3)9(15)16;;;/h1-2H,(H,11,12)(H,13,14)(H,15,16)(H,17,18);;2*1H2/q;+4;;/p-4. The molecular formula is C10H6CuO10. The van der Waals surface area contributed by atoms with E-state index in [4.69, 9.17) is 0 Å². The van der Waals surface area contributed by atoms with Gasteiger partial charge in [0.2, 0.25) is 0 Å². The van der Waals surface area contributed by atoms with Crippen molar-refractivity contribution in [3.63, 3.8) is 0 Å². The number of carboxylic acids is 4. The molecule has 0 atom stereocenters. The molecule has 1 aromatic carbocycles. The van der Waals surface area contributed by atoms with Crippen molar-refractivity contribution < 1.29 is 67.6 Å². The molecule has 0 aromatic heterocycles. The molecular weight excluding hydrogens is 344 g/mol. The minimum Gasteiger partial charge on any atom is -0.545 e. The summed E-state index contributed by atoms with van der Waals surface area (Å²) in [5.41, 5.74) is -4.11. The van der Waals surface area contributed by atoms with Crippen molar-refractivity contribution in [2.45, 2.75) is 0 Å². The molecule has 0 spiro atoms. The minimum absolute atomic E-state index is 0. The average Bonchev–Trinajstić information content (AvgIpc) is 2.26. The fourth-order valence-corrected chi connectivity index (χ4v) is 1.28. The van der Waals surface area contributed by atoms with Crippen LogP contribution >= 0.6 is 0 Å². The monoisotopic (exact) mass is 349 g/mol. The molecule has 21 heavy (non-hydrogen) atoms. The molecule has 0 unspecified atom stereocenters. The molecule has 1 radical (unpaired) electrons. The van der Waals surface area contributed by atoms with Gasteiger partial charge < -0.3 is 50.6 Å². The van der Waals surface area contributed by atoms with E-state index >= 15 is 0 Å². The molecule has 0 aliphatic heterocycles. The number of carboxylic acid groups (broad SMARTS) is 4. The number of carbonyl (C=O) groups is 4. The van der Waals surface area contributed by atoms with Crippen LogP contribution in [0.5, 0.6) is 0 Å². The summed E-state index contributed by atoms with van der Waals surface area (Å²) in [7, 11) is 0. The Balaban J connectivity index is -0.00000108. The van der Waals surface area contributed by atoms with Gasteiger partial charge in [-0.1, -0.05) is 0 Å². The van der Waals surface area contributed by atoms with Gasteiger partial charge in [-0.25, -0.2) is 0 Å². The van der Waals surface area contributed by atoms with Crippen LogP contribution in [0.1, 0.15) is 41.4 Å². The molecule has 0 bridgehead atoms. The SMILES string of the molecule is O.O.O=C([O-])c1cc(C(=O)[O-])c(C(=O)[O-])cc1C(=O)[O-].[Cu+4]. The van der Waals surface area contributed by atoms with Gasteiger partial charge in [0.1, 0.15) is 0 Å². The molecule has 0 saturated heterocycles. The molecule has 0 fully saturated rings. The van der Waals surface area contributed by atoms with Gasteiger partial charge in [0.15, 0.2) is 0 Å². The smallest absolute Gasteiger partial charge is 0.545 e. The van der Waals surface area contributed by atoms with E-state index in [2.05, 4.69) is 0 Å². The number of benzene rings is 1. The molecule has 0 aliphatic carbocycles. The second-order valence-electron chi connectivity index (χ2n) is 3.09. The topological polar surface area (TPSA) is 224 Å². The van der Waals surface area contributed by atoms with E-state index in [9.17, 15) is 39.6 Å². The minimum atomic E-state index is -2.00. The Hall–Kier alpha value is -2.46. The number of aromatic carboxylic acids is 4. The number of hydrogen-bond donors (Lipinski definition) is 0. The Bertz CT molecular complexity index is 481. The summed E-state index contributed by atoms with van der Waals surface area (Å²) >= 11 is 0. The van der Waals surface area contributed by atoms with Crippen LogP contribution in [0.2, 0.25) is 0 Å². The average molecular weight is 350 g/mol. The predicted molar refractivity (Wildman–Crippen MR) is 51.0 cm³/mol. The third-order valence-electron chi connectivity index (χ3n) is 2.04. The second kappa shape index (κ2) is 8.66. The summed E-state index contributed by atoms with van der Waals surface area (Å²) in [6.07, 6.45) is 0. The van der Waals surface area contributed by atoms with Crippen LogP contribution in [0, 0.1) is 0 Å². The van der Waals surface area contributed by atoms with E-state index < -0.39 is 46.1 Å². The Kier molecular flexibility index (Phi) is 9.74. The van der Waals surface area contributed by atoms with Crippen molar-refractivity contribution in [2.24, 2.45) is 0 Å². The van der Waals surface area contributed by atoms with Crippen molar-refractivity contribution >= 4 is 23.9 Å². The van der Waals surface area contributed by atoms with Crippen molar-refractivity contribution in [1.29, 1.82) is 0 Å². The Morgan fingerprint density at radius 1 is 0.571 bits per heavy atom. The number of rotatable bonds is 4. The first kappa shape index (κ1) is 23.6. The van der Waals surface area contributed by atoms with Crippen LogP contribution in [0.3, 0.4) is 0 Å². The fourth-order valence-electron chi connectivity index (χ4n) is 1.28. The fraction of sp³-hybridized carbons (Fsp3) is 0. The van der Waals surface area contributed by atoms with E-state index in [-0.39, 0.29) is 28.0 Å². The number of carbonyl (C=O) groups excluding carboxylic acids is 4. The summed E-state index contributed by atoms with van der Waals surface area (Å²) in [4.78, 5) is 42.4. The third kappa shape index (κ3) is 4.85. The van der Waals surface area contributed by atoms with Crippen LogP contribution in [-0.4, -0.2) is 34.8 Å². The second-order valence-corrected chi connectivity index (χ2v) is 3.09. The van der Waals surface area contributed by atoms with Crippen molar-refractivity contribution in [3.8, 4) is 0 Å². The van der Waals surface area contributed by atoms with Crippen LogP contribution in [0.4, 0.5) is 0 Å². The molecule has 1 rings (SSSR count). The van der Waals surface area contributed by atoms with Crippen LogP contribution in [0.15, 0.2) is 12.1 Å². The van der Waals surface area contributed by atoms with Crippen molar-refractivity contribution in [1.82, 2.24) is 0 Å². The molecule has 117 valence electrons. The van der Waals surface area contributed by atoms with E-state index in [0.717, 1.165) is 0 Å². The Morgan fingerprint density at radius 3 is 0.810 bits per heavy atom. The van der Waals surface area contributed by atoms with Gasteiger partial charge in [-0.15, -0.1) is 0 Å². The molecule has 4 N–H and O–H groups in total. The first-order valence-electron chi connectivity index (χ1n) is 4.29. The van der Waals surface area contributed by atoms with E-state index in [1.165, 1.54) is 0 Å². The van der Waals surface area contributed by atoms with Gasteiger partial charge >= 0.3 is 17.1 Å². The maximum atomic E-state index is 10.6. The van der Waals surface area contributed by atoms with Gasteiger partial charge in [-0.3, -0.25) is 0 Å². The first-order valence-corrected chi connectivity index (χ1v) is 4.29. The summed E-state index contributed by atoms with van der Waals surface area (Å²) in [6.45, 7) is 0. The summed E-state index contributed by atoms with van der Waals surface area (Å²) < 4.78 is 0. The maximum Gasteiger partial charge on any atom is 4.00 e. The largest absolute Gasteiger partial charge is 4.00 e. The zero-order chi connectivity index (χ0) is 14.0. The van der Waals surface area contributed by atoms with Crippen molar-refractivity contribution in [2.75, 3.05) is 0 Å². The summed E-state index contributed by atoms with van der Waals surface area (Å²) in [6, 6.07) is 0.613.